The summed E-state index contributed by atoms with van der Waals surface area (Å²) in [6, 6.07) is 7.89. The molecule has 1 unspecified atom stereocenters. The van der Waals surface area contributed by atoms with Gasteiger partial charge in [-0.05, 0) is 11.6 Å². The molecule has 166 valence electrons. The van der Waals surface area contributed by atoms with E-state index in [0.29, 0.717) is 11.2 Å². The Morgan fingerprint density at radius 3 is 2.81 bits per heavy atom. The molecule has 11 heteroatoms. The van der Waals surface area contributed by atoms with Crippen LogP contribution in [0.2, 0.25) is 0 Å². The Balaban J connectivity index is 1.35. The zero-order chi connectivity index (χ0) is 22.0. The number of nitrogens with two attached hydrogens (primary N) is 1. The highest BCUT2D eigenvalue weighted by molar-refractivity contribution is 7.91. The fourth-order valence-electron chi connectivity index (χ4n) is 3.56. The number of rotatable bonds is 8. The van der Waals surface area contributed by atoms with Gasteiger partial charge in [-0.25, -0.2) is 15.0 Å². The molecular formula is C20H26N5O5S+. The molecule has 31 heavy (non-hydrogen) atoms. The van der Waals surface area contributed by atoms with Crippen molar-refractivity contribution in [2.24, 2.45) is 0 Å². The lowest BCUT2D eigenvalue weighted by Crippen LogP contribution is -2.34. The number of anilines is 1. The largest absolute Gasteiger partial charge is 0.496 e. The molecular weight excluding hydrogens is 422 g/mol. The third-order valence-corrected chi connectivity index (χ3v) is 6.60. The van der Waals surface area contributed by atoms with Crippen LogP contribution >= 0.6 is 0 Å². The molecule has 0 amide bonds. The first-order valence-electron chi connectivity index (χ1n) is 9.82. The van der Waals surface area contributed by atoms with Crippen molar-refractivity contribution in [1.29, 1.82) is 0 Å². The molecule has 3 heterocycles. The molecule has 1 saturated heterocycles. The van der Waals surface area contributed by atoms with E-state index in [1.165, 1.54) is 12.7 Å². The highest BCUT2D eigenvalue weighted by atomic mass is 32.2. The number of para-hydroxylation sites is 1. The lowest BCUT2D eigenvalue weighted by Gasteiger charge is -2.16. The van der Waals surface area contributed by atoms with Crippen molar-refractivity contribution in [3.63, 3.8) is 0 Å². The summed E-state index contributed by atoms with van der Waals surface area (Å²) in [6.45, 7) is 0.157. The molecule has 4 rings (SSSR count). The normalized spacial score (nSPS) is 24.5. The van der Waals surface area contributed by atoms with Crippen molar-refractivity contribution < 1.29 is 23.9 Å². The highest BCUT2D eigenvalue weighted by Gasteiger charge is 2.45. The van der Waals surface area contributed by atoms with Crippen LogP contribution in [-0.2, 0) is 26.5 Å². The average molecular weight is 449 g/mol. The number of imidazole rings is 1. The van der Waals surface area contributed by atoms with Gasteiger partial charge in [-0.1, -0.05) is 18.2 Å². The van der Waals surface area contributed by atoms with E-state index in [2.05, 4.69) is 15.0 Å². The maximum atomic E-state index is 10.5. The summed E-state index contributed by atoms with van der Waals surface area (Å²) in [5.74, 6) is 1.90. The summed E-state index contributed by atoms with van der Waals surface area (Å²) in [5, 5.41) is 21.0. The van der Waals surface area contributed by atoms with Gasteiger partial charge in [0.15, 0.2) is 17.7 Å². The van der Waals surface area contributed by atoms with Gasteiger partial charge in [0, 0.05) is 6.42 Å². The van der Waals surface area contributed by atoms with E-state index in [0.717, 1.165) is 23.5 Å². The quantitative estimate of drug-likeness (QED) is 0.420. The summed E-state index contributed by atoms with van der Waals surface area (Å²) >= 11 is -0.361. The van der Waals surface area contributed by atoms with E-state index in [-0.39, 0.29) is 23.6 Å². The zero-order valence-corrected chi connectivity index (χ0v) is 18.1. The standard InChI is InChI=1S/C20H26N5O5S/c1-28-13-6-4-3-5-12(13)7-8-31(2)29-9-14-16(26)17(27)20(30-14)25-11-24-15-18(21)22-10-23-19(15)25/h3-6,10-11,14,16-17,20,26-27H,7-9H2,1-2H3,(H2,21,22,23)/q+1/t14-,16-,17-,20-,31?/m1/s1. The second kappa shape index (κ2) is 9.37. The van der Waals surface area contributed by atoms with Gasteiger partial charge in [0.1, 0.15) is 65.7 Å². The molecule has 1 aliphatic rings. The fraction of sp³-hybridized carbons (Fsp3) is 0.450. The van der Waals surface area contributed by atoms with Gasteiger partial charge in [0.2, 0.25) is 0 Å². The number of aryl methyl sites for hydroxylation is 1. The third-order valence-electron chi connectivity index (χ3n) is 5.28. The van der Waals surface area contributed by atoms with Crippen LogP contribution in [0.5, 0.6) is 5.75 Å². The first kappa shape index (κ1) is 21.8. The molecule has 2 aromatic heterocycles. The van der Waals surface area contributed by atoms with Crippen LogP contribution in [-0.4, -0.2) is 73.8 Å². The van der Waals surface area contributed by atoms with Gasteiger partial charge in [0.25, 0.3) is 0 Å². The molecule has 0 bridgehead atoms. The van der Waals surface area contributed by atoms with E-state index in [4.69, 9.17) is 19.4 Å². The molecule has 0 saturated carbocycles. The lowest BCUT2D eigenvalue weighted by molar-refractivity contribution is -0.0458. The zero-order valence-electron chi connectivity index (χ0n) is 17.3. The molecule has 10 nitrogen and oxygen atoms in total. The number of ether oxygens (including phenoxy) is 2. The van der Waals surface area contributed by atoms with Crippen molar-refractivity contribution in [3.05, 3.63) is 42.5 Å². The molecule has 4 N–H and O–H groups in total. The second-order valence-electron chi connectivity index (χ2n) is 7.25. The van der Waals surface area contributed by atoms with Crippen LogP contribution in [0.15, 0.2) is 36.9 Å². The minimum Gasteiger partial charge on any atom is -0.496 e. The number of hydrogen-bond acceptors (Lipinski definition) is 9. The van der Waals surface area contributed by atoms with Crippen LogP contribution in [0.1, 0.15) is 11.8 Å². The summed E-state index contributed by atoms with van der Waals surface area (Å²) in [4.78, 5) is 12.3. The van der Waals surface area contributed by atoms with E-state index in [9.17, 15) is 10.2 Å². The van der Waals surface area contributed by atoms with Crippen LogP contribution < -0.4 is 10.5 Å². The second-order valence-corrected chi connectivity index (χ2v) is 9.04. The lowest BCUT2D eigenvalue weighted by atomic mass is 10.1. The van der Waals surface area contributed by atoms with Crippen molar-refractivity contribution in [3.8, 4) is 5.75 Å². The number of benzene rings is 1. The minimum absolute atomic E-state index is 0.157. The third kappa shape index (κ3) is 4.46. The SMILES string of the molecule is COc1ccccc1CC[S+](C)OC[C@H]1O[C@@H](n2cnc3c(N)ncnc32)[C@H](O)[C@@H]1O. The Kier molecular flexibility index (Phi) is 6.58. The summed E-state index contributed by atoms with van der Waals surface area (Å²) < 4.78 is 18.8. The molecule has 0 radical (unpaired) electrons. The minimum atomic E-state index is -1.16. The Labute approximate surface area is 182 Å². The Hall–Kier alpha value is -2.44. The van der Waals surface area contributed by atoms with Gasteiger partial charge in [-0.2, -0.15) is 4.18 Å². The molecule has 1 aromatic carbocycles. The van der Waals surface area contributed by atoms with Crippen molar-refractivity contribution in [1.82, 2.24) is 19.5 Å². The molecule has 1 fully saturated rings. The Morgan fingerprint density at radius 2 is 2.00 bits per heavy atom. The van der Waals surface area contributed by atoms with Crippen LogP contribution in [0, 0.1) is 0 Å². The first-order valence-corrected chi connectivity index (χ1v) is 11.5. The number of aliphatic hydroxyl groups is 2. The smallest absolute Gasteiger partial charge is 0.167 e. The molecule has 3 aromatic rings. The Bertz CT molecular complexity index is 1030. The number of fused-ring (bicyclic) bond motifs is 1. The number of nitrogens with zero attached hydrogens (tertiary/aromatic N) is 4. The topological polar surface area (TPSA) is 138 Å². The van der Waals surface area contributed by atoms with E-state index in [1.54, 1.807) is 11.7 Å². The number of aliphatic hydroxyl groups excluding tert-OH is 2. The predicted molar refractivity (Wildman–Crippen MR) is 116 cm³/mol. The van der Waals surface area contributed by atoms with Crippen LogP contribution in [0.25, 0.3) is 11.2 Å². The summed E-state index contributed by atoms with van der Waals surface area (Å²) in [7, 11) is 1.66. The number of aromatic nitrogens is 4. The van der Waals surface area contributed by atoms with Crippen molar-refractivity contribution >= 4 is 28.2 Å². The average Bonchev–Trinajstić information content (AvgIpc) is 3.33. The van der Waals surface area contributed by atoms with Crippen LogP contribution in [0.4, 0.5) is 5.82 Å². The predicted octanol–water partition coefficient (Wildman–Crippen LogP) is 0.459. The van der Waals surface area contributed by atoms with Gasteiger partial charge in [-0.3, -0.25) is 4.57 Å². The maximum absolute atomic E-state index is 10.5. The van der Waals surface area contributed by atoms with Crippen molar-refractivity contribution in [2.75, 3.05) is 31.5 Å². The van der Waals surface area contributed by atoms with Gasteiger partial charge < -0.3 is 25.4 Å². The van der Waals surface area contributed by atoms with Gasteiger partial charge in [-0.15, -0.1) is 0 Å². The van der Waals surface area contributed by atoms with Crippen molar-refractivity contribution in [2.45, 2.75) is 31.0 Å². The van der Waals surface area contributed by atoms with E-state index in [1.807, 2.05) is 30.5 Å². The Morgan fingerprint density at radius 1 is 1.19 bits per heavy atom. The monoisotopic (exact) mass is 448 g/mol. The van der Waals surface area contributed by atoms with Gasteiger partial charge in [0.05, 0.1) is 13.4 Å². The highest BCUT2D eigenvalue weighted by Crippen LogP contribution is 2.32. The number of nitrogen functional groups attached to an aromatic ring is 1. The number of hydrogen-bond donors (Lipinski definition) is 3. The molecule has 0 spiro atoms. The van der Waals surface area contributed by atoms with Gasteiger partial charge >= 0.3 is 0 Å². The maximum Gasteiger partial charge on any atom is 0.167 e. The summed E-state index contributed by atoms with van der Waals surface area (Å²) in [6.07, 6.45) is 1.80. The first-order chi connectivity index (χ1) is 15.0. The molecule has 5 atom stereocenters. The van der Waals surface area contributed by atoms with E-state index < -0.39 is 24.5 Å². The van der Waals surface area contributed by atoms with E-state index >= 15 is 0 Å². The number of methoxy groups -OCH3 is 1. The molecule has 0 aliphatic carbocycles. The summed E-state index contributed by atoms with van der Waals surface area (Å²) in [5.41, 5.74) is 7.78. The molecule has 1 aliphatic heterocycles. The van der Waals surface area contributed by atoms with Crippen LogP contribution in [0.3, 0.4) is 0 Å². The fourth-order valence-corrected chi connectivity index (χ4v) is 4.55.